The van der Waals surface area contributed by atoms with E-state index in [1.54, 1.807) is 11.3 Å². The summed E-state index contributed by atoms with van der Waals surface area (Å²) in [5, 5.41) is 13.9. The number of halogens is 1. The van der Waals surface area contributed by atoms with Crippen LogP contribution in [0, 0.1) is 6.92 Å². The third kappa shape index (κ3) is 3.60. The van der Waals surface area contributed by atoms with Crippen molar-refractivity contribution in [3.63, 3.8) is 0 Å². The second-order valence-corrected chi connectivity index (χ2v) is 6.10. The van der Waals surface area contributed by atoms with E-state index in [2.05, 4.69) is 63.5 Å². The largest absolute Gasteiger partial charge is 0.317 e. The van der Waals surface area contributed by atoms with E-state index in [9.17, 15) is 0 Å². The van der Waals surface area contributed by atoms with Gasteiger partial charge in [0.15, 0.2) is 0 Å². The van der Waals surface area contributed by atoms with E-state index in [0.717, 1.165) is 39.6 Å². The lowest BCUT2D eigenvalue weighted by molar-refractivity contribution is 0.710. The van der Waals surface area contributed by atoms with Crippen LogP contribution >= 0.6 is 27.3 Å². The minimum absolute atomic E-state index is 0.943. The van der Waals surface area contributed by atoms with Crippen molar-refractivity contribution in [2.75, 3.05) is 13.1 Å². The number of nitrogens with one attached hydrogen (secondary N) is 1. The highest BCUT2D eigenvalue weighted by Gasteiger charge is 2.07. The van der Waals surface area contributed by atoms with Crippen molar-refractivity contribution in [3.05, 3.63) is 33.2 Å². The van der Waals surface area contributed by atoms with Crippen molar-refractivity contribution in [3.8, 4) is 10.6 Å². The van der Waals surface area contributed by atoms with Crippen molar-refractivity contribution in [2.45, 2.75) is 20.3 Å². The maximum absolute atomic E-state index is 4.27. The van der Waals surface area contributed by atoms with Crippen LogP contribution in [-0.4, -0.2) is 23.3 Å². The zero-order valence-electron chi connectivity index (χ0n) is 10.5. The van der Waals surface area contributed by atoms with Crippen molar-refractivity contribution in [1.82, 2.24) is 15.5 Å². The topological polar surface area (TPSA) is 37.8 Å². The minimum atomic E-state index is 0.943. The van der Waals surface area contributed by atoms with Gasteiger partial charge in [-0.1, -0.05) is 34.2 Å². The second kappa shape index (κ2) is 6.41. The number of likely N-dealkylation sites (N-methyl/N-ethyl adjacent to an activating group) is 1. The van der Waals surface area contributed by atoms with E-state index in [1.165, 1.54) is 5.56 Å². The molecule has 0 bridgehead atoms. The summed E-state index contributed by atoms with van der Waals surface area (Å²) in [7, 11) is 0. The van der Waals surface area contributed by atoms with Gasteiger partial charge in [0.05, 0.1) is 0 Å². The average Bonchev–Trinajstić information content (AvgIpc) is 2.77. The van der Waals surface area contributed by atoms with Gasteiger partial charge in [-0.3, -0.25) is 0 Å². The molecule has 0 aliphatic carbocycles. The van der Waals surface area contributed by atoms with Gasteiger partial charge in [-0.05, 0) is 37.2 Å². The molecule has 18 heavy (non-hydrogen) atoms. The van der Waals surface area contributed by atoms with Crippen LogP contribution in [0.3, 0.4) is 0 Å². The quantitative estimate of drug-likeness (QED) is 0.856. The first kappa shape index (κ1) is 13.6. The Morgan fingerprint density at radius 3 is 2.83 bits per heavy atom. The zero-order valence-corrected chi connectivity index (χ0v) is 12.9. The van der Waals surface area contributed by atoms with Gasteiger partial charge >= 0.3 is 0 Å². The molecule has 5 heteroatoms. The molecule has 1 aromatic heterocycles. The van der Waals surface area contributed by atoms with Gasteiger partial charge in [-0.2, -0.15) is 0 Å². The molecule has 0 radical (unpaired) electrons. The molecule has 2 aromatic rings. The monoisotopic (exact) mass is 325 g/mol. The molecule has 1 heterocycles. The molecule has 1 N–H and O–H groups in total. The number of rotatable bonds is 5. The number of hydrogen-bond donors (Lipinski definition) is 1. The van der Waals surface area contributed by atoms with Gasteiger partial charge in [0.25, 0.3) is 0 Å². The third-order valence-electron chi connectivity index (χ3n) is 2.52. The summed E-state index contributed by atoms with van der Waals surface area (Å²) in [6, 6.07) is 6.32. The van der Waals surface area contributed by atoms with Crippen LogP contribution in [0.2, 0.25) is 0 Å². The van der Waals surface area contributed by atoms with Gasteiger partial charge in [0.2, 0.25) is 0 Å². The van der Waals surface area contributed by atoms with Crippen molar-refractivity contribution in [1.29, 1.82) is 0 Å². The summed E-state index contributed by atoms with van der Waals surface area (Å²) in [6.07, 6.45) is 0.943. The molecule has 0 spiro atoms. The number of hydrogen-bond acceptors (Lipinski definition) is 4. The van der Waals surface area contributed by atoms with Gasteiger partial charge < -0.3 is 5.32 Å². The van der Waals surface area contributed by atoms with Crippen LogP contribution in [0.15, 0.2) is 22.7 Å². The molecule has 0 saturated heterocycles. The Kier molecular flexibility index (Phi) is 4.86. The van der Waals surface area contributed by atoms with Crippen LogP contribution in [0.1, 0.15) is 17.5 Å². The van der Waals surface area contributed by atoms with E-state index < -0.39 is 0 Å². The van der Waals surface area contributed by atoms with Gasteiger partial charge in [-0.15, -0.1) is 10.2 Å². The standard InChI is InChI=1S/C13H16BrN3S/c1-3-15-5-4-12-16-17-13(18-12)10-6-9(2)7-11(14)8-10/h6-8,15H,3-5H2,1-2H3. The highest BCUT2D eigenvalue weighted by atomic mass is 79.9. The molecule has 3 nitrogen and oxygen atoms in total. The second-order valence-electron chi connectivity index (χ2n) is 4.12. The summed E-state index contributed by atoms with van der Waals surface area (Å²) in [5.41, 5.74) is 2.36. The van der Waals surface area contributed by atoms with Gasteiger partial charge in [-0.25, -0.2) is 0 Å². The first-order valence-corrected chi connectivity index (χ1v) is 7.60. The maximum atomic E-state index is 4.27. The normalized spacial score (nSPS) is 10.8. The number of aromatic nitrogens is 2. The first-order valence-electron chi connectivity index (χ1n) is 5.99. The highest BCUT2D eigenvalue weighted by Crippen LogP contribution is 2.27. The Labute approximate surface area is 120 Å². The molecule has 0 atom stereocenters. The molecule has 0 amide bonds. The maximum Gasteiger partial charge on any atom is 0.147 e. The molecule has 0 unspecified atom stereocenters. The molecule has 0 aliphatic heterocycles. The van der Waals surface area contributed by atoms with E-state index in [4.69, 9.17) is 0 Å². The smallest absolute Gasteiger partial charge is 0.147 e. The fraction of sp³-hybridized carbons (Fsp3) is 0.385. The summed E-state index contributed by atoms with van der Waals surface area (Å²) in [4.78, 5) is 0. The SMILES string of the molecule is CCNCCc1nnc(-c2cc(C)cc(Br)c2)s1. The van der Waals surface area contributed by atoms with E-state index in [1.807, 2.05) is 0 Å². The molecular weight excluding hydrogens is 310 g/mol. The number of aryl methyl sites for hydroxylation is 1. The fourth-order valence-corrected chi connectivity index (χ4v) is 3.14. The van der Waals surface area contributed by atoms with Crippen molar-refractivity contribution < 1.29 is 0 Å². The molecular formula is C13H16BrN3S. The van der Waals surface area contributed by atoms with E-state index >= 15 is 0 Å². The molecule has 2 rings (SSSR count). The lowest BCUT2D eigenvalue weighted by Gasteiger charge is -1.99. The average molecular weight is 326 g/mol. The summed E-state index contributed by atoms with van der Waals surface area (Å²) < 4.78 is 1.09. The van der Waals surface area contributed by atoms with Crippen LogP contribution < -0.4 is 5.32 Å². The summed E-state index contributed by atoms with van der Waals surface area (Å²) >= 11 is 5.19. The van der Waals surface area contributed by atoms with E-state index in [-0.39, 0.29) is 0 Å². The predicted molar refractivity (Wildman–Crippen MR) is 80.0 cm³/mol. The van der Waals surface area contributed by atoms with Crippen LogP contribution in [-0.2, 0) is 6.42 Å². The van der Waals surface area contributed by atoms with Crippen LogP contribution in [0.5, 0.6) is 0 Å². The summed E-state index contributed by atoms with van der Waals surface area (Å²) in [5.74, 6) is 0. The molecule has 0 saturated carbocycles. The first-order chi connectivity index (χ1) is 8.69. The summed E-state index contributed by atoms with van der Waals surface area (Å²) in [6.45, 7) is 6.15. The van der Waals surface area contributed by atoms with Crippen LogP contribution in [0.25, 0.3) is 10.6 Å². The molecule has 0 aliphatic rings. The number of benzene rings is 1. The lowest BCUT2D eigenvalue weighted by atomic mass is 10.1. The Morgan fingerprint density at radius 2 is 2.11 bits per heavy atom. The Hall–Kier alpha value is -0.780. The minimum Gasteiger partial charge on any atom is -0.317 e. The number of nitrogens with zero attached hydrogens (tertiary/aromatic N) is 2. The Balaban J connectivity index is 2.13. The predicted octanol–water partition coefficient (Wildman–Crippen LogP) is 3.43. The third-order valence-corrected chi connectivity index (χ3v) is 4.01. The van der Waals surface area contributed by atoms with Crippen LogP contribution in [0.4, 0.5) is 0 Å². The van der Waals surface area contributed by atoms with Crippen molar-refractivity contribution >= 4 is 27.3 Å². The zero-order chi connectivity index (χ0) is 13.0. The Bertz CT molecular complexity index is 504. The van der Waals surface area contributed by atoms with Gasteiger partial charge in [0, 0.05) is 23.0 Å². The lowest BCUT2D eigenvalue weighted by Crippen LogP contribution is -2.15. The fourth-order valence-electron chi connectivity index (χ4n) is 1.70. The molecule has 0 fully saturated rings. The molecule has 96 valence electrons. The van der Waals surface area contributed by atoms with Gasteiger partial charge in [0.1, 0.15) is 10.0 Å². The molecule has 1 aromatic carbocycles. The van der Waals surface area contributed by atoms with E-state index in [0.29, 0.717) is 0 Å². The Morgan fingerprint density at radius 1 is 1.28 bits per heavy atom. The van der Waals surface area contributed by atoms with Crippen molar-refractivity contribution in [2.24, 2.45) is 0 Å². The highest BCUT2D eigenvalue weighted by molar-refractivity contribution is 9.10.